The summed E-state index contributed by atoms with van der Waals surface area (Å²) in [7, 11) is 1.91. The monoisotopic (exact) mass is 313 g/mol. The van der Waals surface area contributed by atoms with Crippen molar-refractivity contribution in [3.8, 4) is 5.75 Å². The Morgan fingerprint density at radius 1 is 1.22 bits per heavy atom. The Morgan fingerprint density at radius 3 is 2.70 bits per heavy atom. The standard InChI is InChI=1S/C17H23N5O/c1-11-8-14-15(6-7-23-16(14)9-12(11)2)22(13-4-5-13)10-17-18-19-20-21(17)3/h8-9,13,15H,4-7,10H2,1-3H3. The Bertz CT molecular complexity index is 722. The molecule has 1 aromatic carbocycles. The average Bonchev–Trinajstić information content (AvgIpc) is 3.29. The molecule has 1 atom stereocenters. The zero-order valence-electron chi connectivity index (χ0n) is 14.0. The highest BCUT2D eigenvalue weighted by Gasteiger charge is 2.38. The molecule has 122 valence electrons. The van der Waals surface area contributed by atoms with Crippen molar-refractivity contribution >= 4 is 0 Å². The molecule has 0 radical (unpaired) electrons. The van der Waals surface area contributed by atoms with Crippen LogP contribution in [0.15, 0.2) is 12.1 Å². The fourth-order valence-electron chi connectivity index (χ4n) is 3.42. The first kappa shape index (κ1) is 14.6. The molecule has 1 aliphatic heterocycles. The summed E-state index contributed by atoms with van der Waals surface area (Å²) < 4.78 is 7.70. The van der Waals surface area contributed by atoms with E-state index in [9.17, 15) is 0 Å². The normalized spacial score (nSPS) is 20.4. The van der Waals surface area contributed by atoms with Gasteiger partial charge in [-0.3, -0.25) is 4.90 Å². The average molecular weight is 313 g/mol. The van der Waals surface area contributed by atoms with Crippen molar-refractivity contribution in [3.05, 3.63) is 34.6 Å². The lowest BCUT2D eigenvalue weighted by Crippen LogP contribution is -2.34. The van der Waals surface area contributed by atoms with Gasteiger partial charge in [-0.05, 0) is 54.3 Å². The number of benzene rings is 1. The summed E-state index contributed by atoms with van der Waals surface area (Å²) >= 11 is 0. The lowest BCUT2D eigenvalue weighted by atomic mass is 9.94. The number of hydrogen-bond donors (Lipinski definition) is 0. The van der Waals surface area contributed by atoms with E-state index in [2.05, 4.69) is 46.4 Å². The molecule has 23 heavy (non-hydrogen) atoms. The van der Waals surface area contributed by atoms with E-state index < -0.39 is 0 Å². The maximum atomic E-state index is 5.93. The Kier molecular flexibility index (Phi) is 3.56. The number of hydrogen-bond acceptors (Lipinski definition) is 5. The highest BCUT2D eigenvalue weighted by molar-refractivity contribution is 5.44. The van der Waals surface area contributed by atoms with Crippen LogP contribution in [0.25, 0.3) is 0 Å². The second-order valence-corrected chi connectivity index (χ2v) is 6.75. The van der Waals surface area contributed by atoms with Crippen molar-refractivity contribution in [1.29, 1.82) is 0 Å². The van der Waals surface area contributed by atoms with Crippen molar-refractivity contribution in [2.75, 3.05) is 6.61 Å². The van der Waals surface area contributed by atoms with E-state index in [-0.39, 0.29) is 0 Å². The number of nitrogens with zero attached hydrogens (tertiary/aromatic N) is 5. The topological polar surface area (TPSA) is 56.1 Å². The molecule has 1 unspecified atom stereocenters. The van der Waals surface area contributed by atoms with Gasteiger partial charge in [-0.2, -0.15) is 0 Å². The van der Waals surface area contributed by atoms with E-state index in [0.29, 0.717) is 12.1 Å². The molecule has 6 heteroatoms. The summed E-state index contributed by atoms with van der Waals surface area (Å²) in [6.45, 7) is 5.90. The molecule has 0 spiro atoms. The summed E-state index contributed by atoms with van der Waals surface area (Å²) in [6, 6.07) is 5.52. The van der Waals surface area contributed by atoms with Gasteiger partial charge in [-0.15, -0.1) is 5.10 Å². The third-order valence-corrected chi connectivity index (χ3v) is 5.08. The van der Waals surface area contributed by atoms with Crippen molar-refractivity contribution in [2.45, 2.75) is 51.7 Å². The van der Waals surface area contributed by atoms with Crippen LogP contribution in [0.2, 0.25) is 0 Å². The summed E-state index contributed by atoms with van der Waals surface area (Å²) in [5.41, 5.74) is 3.94. The van der Waals surface area contributed by atoms with E-state index in [1.807, 2.05) is 7.05 Å². The molecule has 6 nitrogen and oxygen atoms in total. The number of rotatable bonds is 4. The highest BCUT2D eigenvalue weighted by Crippen LogP contribution is 2.43. The molecular weight excluding hydrogens is 290 g/mol. The molecule has 1 fully saturated rings. The number of ether oxygens (including phenoxy) is 1. The van der Waals surface area contributed by atoms with E-state index in [0.717, 1.165) is 31.1 Å². The molecule has 2 heterocycles. The van der Waals surface area contributed by atoms with Gasteiger partial charge in [0.15, 0.2) is 5.82 Å². The largest absolute Gasteiger partial charge is 0.493 e. The Labute approximate surface area is 136 Å². The third kappa shape index (κ3) is 2.72. The summed E-state index contributed by atoms with van der Waals surface area (Å²) in [6.07, 6.45) is 3.56. The molecule has 0 bridgehead atoms. The summed E-state index contributed by atoms with van der Waals surface area (Å²) in [5, 5.41) is 11.9. The highest BCUT2D eigenvalue weighted by atomic mass is 16.5. The van der Waals surface area contributed by atoms with Crippen LogP contribution in [-0.4, -0.2) is 37.8 Å². The van der Waals surface area contributed by atoms with Gasteiger partial charge < -0.3 is 4.74 Å². The number of fused-ring (bicyclic) bond motifs is 1. The molecule has 2 aliphatic rings. The first-order valence-electron chi connectivity index (χ1n) is 8.34. The predicted molar refractivity (Wildman–Crippen MR) is 86.1 cm³/mol. The quantitative estimate of drug-likeness (QED) is 0.867. The van der Waals surface area contributed by atoms with Crippen molar-refractivity contribution in [2.24, 2.45) is 7.05 Å². The van der Waals surface area contributed by atoms with Gasteiger partial charge in [-0.1, -0.05) is 6.07 Å². The fraction of sp³-hybridized carbons (Fsp3) is 0.588. The smallest absolute Gasteiger partial charge is 0.165 e. The molecule has 0 saturated heterocycles. The minimum atomic E-state index is 0.391. The van der Waals surface area contributed by atoms with Crippen molar-refractivity contribution in [1.82, 2.24) is 25.1 Å². The molecule has 0 amide bonds. The van der Waals surface area contributed by atoms with Crippen molar-refractivity contribution < 1.29 is 4.74 Å². The molecule has 4 rings (SSSR count). The molecule has 1 aliphatic carbocycles. The van der Waals surface area contributed by atoms with Crippen LogP contribution in [0.5, 0.6) is 5.75 Å². The minimum Gasteiger partial charge on any atom is -0.493 e. The van der Waals surface area contributed by atoms with Crippen LogP contribution in [0.3, 0.4) is 0 Å². The van der Waals surface area contributed by atoms with Gasteiger partial charge in [-0.25, -0.2) is 4.68 Å². The molecule has 0 N–H and O–H groups in total. The lowest BCUT2D eigenvalue weighted by molar-refractivity contribution is 0.121. The Hall–Kier alpha value is -1.95. The van der Waals surface area contributed by atoms with Gasteiger partial charge in [0.1, 0.15) is 5.75 Å². The van der Waals surface area contributed by atoms with Crippen LogP contribution in [-0.2, 0) is 13.6 Å². The van der Waals surface area contributed by atoms with Crippen LogP contribution in [0.1, 0.15) is 47.8 Å². The van der Waals surface area contributed by atoms with E-state index in [1.165, 1.54) is 29.5 Å². The van der Waals surface area contributed by atoms with Crippen molar-refractivity contribution in [3.63, 3.8) is 0 Å². The SMILES string of the molecule is Cc1cc2c(cc1C)C(N(Cc1nnnn1C)C1CC1)CCO2. The number of aryl methyl sites for hydroxylation is 3. The van der Waals surface area contributed by atoms with Crippen LogP contribution >= 0.6 is 0 Å². The number of aromatic nitrogens is 4. The van der Waals surface area contributed by atoms with Crippen LogP contribution in [0.4, 0.5) is 0 Å². The van der Waals surface area contributed by atoms with Gasteiger partial charge in [0.2, 0.25) is 0 Å². The summed E-state index contributed by atoms with van der Waals surface area (Å²) in [4.78, 5) is 2.57. The second kappa shape index (κ2) is 5.60. The predicted octanol–water partition coefficient (Wildman–Crippen LogP) is 2.32. The van der Waals surface area contributed by atoms with E-state index >= 15 is 0 Å². The maximum absolute atomic E-state index is 5.93. The van der Waals surface area contributed by atoms with Gasteiger partial charge >= 0.3 is 0 Å². The van der Waals surface area contributed by atoms with Gasteiger partial charge in [0.25, 0.3) is 0 Å². The zero-order valence-corrected chi connectivity index (χ0v) is 14.0. The van der Waals surface area contributed by atoms with E-state index in [1.54, 1.807) is 4.68 Å². The lowest BCUT2D eigenvalue weighted by Gasteiger charge is -2.36. The third-order valence-electron chi connectivity index (χ3n) is 5.08. The van der Waals surface area contributed by atoms with Crippen LogP contribution in [0, 0.1) is 13.8 Å². The molecule has 1 saturated carbocycles. The Morgan fingerprint density at radius 2 is 2.00 bits per heavy atom. The van der Waals surface area contributed by atoms with Crippen LogP contribution < -0.4 is 4.74 Å². The molecule has 1 aromatic heterocycles. The minimum absolute atomic E-state index is 0.391. The summed E-state index contributed by atoms with van der Waals surface area (Å²) in [5.74, 6) is 1.97. The fourth-order valence-corrected chi connectivity index (χ4v) is 3.42. The first-order valence-corrected chi connectivity index (χ1v) is 8.34. The van der Waals surface area contributed by atoms with Gasteiger partial charge in [0, 0.05) is 31.1 Å². The second-order valence-electron chi connectivity index (χ2n) is 6.75. The number of tetrazole rings is 1. The maximum Gasteiger partial charge on any atom is 0.165 e. The van der Waals surface area contributed by atoms with E-state index in [4.69, 9.17) is 4.74 Å². The zero-order chi connectivity index (χ0) is 16.0. The molecule has 2 aromatic rings. The Balaban J connectivity index is 1.68. The molecular formula is C17H23N5O. The first-order chi connectivity index (χ1) is 11.1. The van der Waals surface area contributed by atoms with Gasteiger partial charge in [0.05, 0.1) is 13.2 Å².